The lowest BCUT2D eigenvalue weighted by molar-refractivity contribution is -0.146. The molecule has 0 radical (unpaired) electrons. The van der Waals surface area contributed by atoms with Gasteiger partial charge in [-0.05, 0) is 24.3 Å². The summed E-state index contributed by atoms with van der Waals surface area (Å²) in [5.74, 6) is -1.28. The molecule has 2 heterocycles. The van der Waals surface area contributed by atoms with Crippen LogP contribution in [0.4, 0.5) is 5.82 Å². The number of hydrogen-bond acceptors (Lipinski definition) is 6. The molecule has 0 saturated carbocycles. The number of nitrogens with one attached hydrogen (secondary N) is 2. The maximum absolute atomic E-state index is 12.4. The van der Waals surface area contributed by atoms with Gasteiger partial charge in [-0.3, -0.25) is 14.4 Å². The predicted octanol–water partition coefficient (Wildman–Crippen LogP) is 2.67. The van der Waals surface area contributed by atoms with E-state index in [0.717, 1.165) is 11.4 Å². The molecular weight excluding hydrogens is 400 g/mol. The van der Waals surface area contributed by atoms with Crippen molar-refractivity contribution in [3.8, 4) is 5.69 Å². The minimum atomic E-state index is -0.748. The first-order valence-corrected chi connectivity index (χ1v) is 9.67. The Morgan fingerprint density at radius 3 is 2.48 bits per heavy atom. The third-order valence-electron chi connectivity index (χ3n) is 4.25. The first kappa shape index (κ1) is 21.8. The first-order chi connectivity index (χ1) is 14.7. The van der Waals surface area contributed by atoms with Crippen LogP contribution in [0.1, 0.15) is 37.0 Å². The smallest absolute Gasteiger partial charge is 0.325 e. The highest BCUT2D eigenvalue weighted by molar-refractivity contribution is 5.94. The molecule has 3 aromatic rings. The van der Waals surface area contributed by atoms with Crippen LogP contribution in [-0.2, 0) is 19.7 Å². The number of furan rings is 1. The fraction of sp³-hybridized carbons (Fsp3) is 0.273. The predicted molar refractivity (Wildman–Crippen MR) is 113 cm³/mol. The maximum Gasteiger partial charge on any atom is 0.325 e. The average molecular weight is 424 g/mol. The van der Waals surface area contributed by atoms with Gasteiger partial charge < -0.3 is 19.8 Å². The van der Waals surface area contributed by atoms with Gasteiger partial charge in [0.2, 0.25) is 0 Å². The van der Waals surface area contributed by atoms with Gasteiger partial charge in [-0.1, -0.05) is 39.0 Å². The third kappa shape index (κ3) is 5.81. The van der Waals surface area contributed by atoms with Crippen LogP contribution in [0.15, 0.2) is 59.2 Å². The second kappa shape index (κ2) is 9.29. The number of carbonyl (C=O) groups is 3. The van der Waals surface area contributed by atoms with E-state index in [4.69, 9.17) is 9.15 Å². The standard InChI is InChI=1S/C22H24N4O5/c1-22(2,3)17-12-18(26(25-17)15-8-5-4-6-9-15)24-19(27)14-31-20(28)13-23-21(29)16-10-7-11-30-16/h4-12H,13-14H2,1-3H3,(H,23,29)(H,24,27). The zero-order chi connectivity index (χ0) is 22.4. The van der Waals surface area contributed by atoms with Gasteiger partial charge in [-0.15, -0.1) is 0 Å². The van der Waals surface area contributed by atoms with E-state index in [-0.39, 0.29) is 17.7 Å². The van der Waals surface area contributed by atoms with Gasteiger partial charge >= 0.3 is 5.97 Å². The number of benzene rings is 1. The Hall–Kier alpha value is -3.88. The van der Waals surface area contributed by atoms with E-state index in [9.17, 15) is 14.4 Å². The summed E-state index contributed by atoms with van der Waals surface area (Å²) in [5, 5.41) is 9.69. The van der Waals surface area contributed by atoms with E-state index in [1.54, 1.807) is 16.8 Å². The van der Waals surface area contributed by atoms with Gasteiger partial charge in [0.05, 0.1) is 17.6 Å². The highest BCUT2D eigenvalue weighted by Crippen LogP contribution is 2.26. The molecule has 0 bridgehead atoms. The molecule has 3 rings (SSSR count). The molecule has 0 fully saturated rings. The quantitative estimate of drug-likeness (QED) is 0.564. The summed E-state index contributed by atoms with van der Waals surface area (Å²) in [6, 6.07) is 14.2. The molecule has 162 valence electrons. The highest BCUT2D eigenvalue weighted by atomic mass is 16.5. The molecule has 0 unspecified atom stereocenters. The molecule has 2 N–H and O–H groups in total. The Kier molecular flexibility index (Phi) is 6.54. The van der Waals surface area contributed by atoms with Crippen LogP contribution in [0.2, 0.25) is 0 Å². The van der Waals surface area contributed by atoms with Crippen molar-refractivity contribution in [2.45, 2.75) is 26.2 Å². The largest absolute Gasteiger partial charge is 0.459 e. The van der Waals surface area contributed by atoms with Crippen molar-refractivity contribution < 1.29 is 23.5 Å². The number of amides is 2. The lowest BCUT2D eigenvalue weighted by Gasteiger charge is -2.14. The fourth-order valence-corrected chi connectivity index (χ4v) is 2.63. The summed E-state index contributed by atoms with van der Waals surface area (Å²) in [6.07, 6.45) is 1.35. The first-order valence-electron chi connectivity index (χ1n) is 9.67. The molecular formula is C22H24N4O5. The maximum atomic E-state index is 12.4. The summed E-state index contributed by atoms with van der Waals surface area (Å²) in [7, 11) is 0. The lowest BCUT2D eigenvalue weighted by Crippen LogP contribution is -2.32. The minimum Gasteiger partial charge on any atom is -0.459 e. The summed E-state index contributed by atoms with van der Waals surface area (Å²) < 4.78 is 11.5. The lowest BCUT2D eigenvalue weighted by atomic mass is 9.92. The summed E-state index contributed by atoms with van der Waals surface area (Å²) >= 11 is 0. The molecule has 9 nitrogen and oxygen atoms in total. The molecule has 9 heteroatoms. The molecule has 0 aliphatic rings. The van der Waals surface area contributed by atoms with E-state index in [1.165, 1.54) is 12.3 Å². The highest BCUT2D eigenvalue weighted by Gasteiger charge is 2.22. The number of carbonyl (C=O) groups excluding carboxylic acids is 3. The normalized spacial score (nSPS) is 11.1. The van der Waals surface area contributed by atoms with Crippen molar-refractivity contribution >= 4 is 23.6 Å². The van der Waals surface area contributed by atoms with Crippen LogP contribution >= 0.6 is 0 Å². The SMILES string of the molecule is CC(C)(C)c1cc(NC(=O)COC(=O)CNC(=O)c2ccco2)n(-c2ccccc2)n1. The van der Waals surface area contributed by atoms with Gasteiger partial charge in [0.1, 0.15) is 12.4 Å². The van der Waals surface area contributed by atoms with E-state index in [0.29, 0.717) is 5.82 Å². The van der Waals surface area contributed by atoms with Crippen molar-refractivity contribution in [3.05, 3.63) is 66.2 Å². The zero-order valence-electron chi connectivity index (χ0n) is 17.5. The summed E-state index contributed by atoms with van der Waals surface area (Å²) in [6.45, 7) is 5.18. The minimum absolute atomic E-state index is 0.0781. The van der Waals surface area contributed by atoms with Crippen LogP contribution in [-0.4, -0.2) is 40.7 Å². The topological polar surface area (TPSA) is 115 Å². The molecule has 0 aliphatic heterocycles. The van der Waals surface area contributed by atoms with Crippen molar-refractivity contribution in [2.24, 2.45) is 0 Å². The molecule has 0 spiro atoms. The van der Waals surface area contributed by atoms with Crippen LogP contribution in [0.3, 0.4) is 0 Å². The number of hydrogen-bond donors (Lipinski definition) is 2. The van der Waals surface area contributed by atoms with Gasteiger partial charge in [0.25, 0.3) is 11.8 Å². The molecule has 0 saturated heterocycles. The molecule has 2 amide bonds. The average Bonchev–Trinajstić information content (AvgIpc) is 3.41. The summed E-state index contributed by atoms with van der Waals surface area (Å²) in [4.78, 5) is 35.9. The van der Waals surface area contributed by atoms with Crippen molar-refractivity contribution in [1.29, 1.82) is 0 Å². The van der Waals surface area contributed by atoms with Crippen LogP contribution < -0.4 is 10.6 Å². The van der Waals surface area contributed by atoms with Gasteiger partial charge in [0.15, 0.2) is 12.4 Å². The van der Waals surface area contributed by atoms with Crippen molar-refractivity contribution in [3.63, 3.8) is 0 Å². The van der Waals surface area contributed by atoms with Crippen LogP contribution in [0.25, 0.3) is 5.69 Å². The van der Waals surface area contributed by atoms with Crippen molar-refractivity contribution in [1.82, 2.24) is 15.1 Å². The van der Waals surface area contributed by atoms with E-state index in [1.807, 2.05) is 51.1 Å². The number of nitrogens with zero attached hydrogens (tertiary/aromatic N) is 2. The Labute approximate surface area is 179 Å². The Morgan fingerprint density at radius 2 is 1.84 bits per heavy atom. The molecule has 0 atom stereocenters. The fourth-order valence-electron chi connectivity index (χ4n) is 2.63. The Bertz CT molecular complexity index is 1050. The van der Waals surface area contributed by atoms with E-state index in [2.05, 4.69) is 15.7 Å². The number of esters is 1. The van der Waals surface area contributed by atoms with Crippen molar-refractivity contribution in [2.75, 3.05) is 18.5 Å². The number of ether oxygens (including phenoxy) is 1. The number of aromatic nitrogens is 2. The summed E-state index contributed by atoms with van der Waals surface area (Å²) in [5.41, 5.74) is 1.35. The molecule has 2 aromatic heterocycles. The van der Waals surface area contributed by atoms with Gasteiger partial charge in [0, 0.05) is 11.5 Å². The molecule has 0 aliphatic carbocycles. The van der Waals surface area contributed by atoms with E-state index >= 15 is 0 Å². The Balaban J connectivity index is 1.59. The van der Waals surface area contributed by atoms with Crippen LogP contribution in [0, 0.1) is 0 Å². The number of para-hydroxylation sites is 1. The number of anilines is 1. The monoisotopic (exact) mass is 424 g/mol. The zero-order valence-corrected chi connectivity index (χ0v) is 17.5. The number of rotatable bonds is 7. The van der Waals surface area contributed by atoms with Gasteiger partial charge in [-0.25, -0.2) is 4.68 Å². The Morgan fingerprint density at radius 1 is 1.10 bits per heavy atom. The second-order valence-electron chi connectivity index (χ2n) is 7.78. The second-order valence-corrected chi connectivity index (χ2v) is 7.78. The third-order valence-corrected chi connectivity index (χ3v) is 4.25. The van der Waals surface area contributed by atoms with Gasteiger partial charge in [-0.2, -0.15) is 5.10 Å². The van der Waals surface area contributed by atoms with Crippen LogP contribution in [0.5, 0.6) is 0 Å². The molecule has 31 heavy (non-hydrogen) atoms. The molecule has 1 aromatic carbocycles. The van der Waals surface area contributed by atoms with E-state index < -0.39 is 24.4 Å².